The molecule has 2 aromatic carbocycles. The zero-order chi connectivity index (χ0) is 26.0. The first kappa shape index (κ1) is 25.4. The molecule has 0 saturated carbocycles. The zero-order valence-electron chi connectivity index (χ0n) is 18.3. The number of β-lactam (4-membered cyclic amide) rings is 1. The standard InChI is InChI=1S/C23H18ClN3O8S/c24-16-11-36-22-17(25-20(30)19(29)15-4-2-1-3-13(15)9-28)21(31)26(22)18(16)23(32)35-10-12-5-7-14(8-6-12)27(33)34/h1-9,17,19,22,29H,10-11H2,(H,25,30)/t17?,19?,22-/m0/s1. The molecule has 1 saturated heterocycles. The number of carbonyl (C=O) groups is 4. The molecule has 0 radical (unpaired) electrons. The number of amides is 2. The quantitative estimate of drug-likeness (QED) is 0.171. The lowest BCUT2D eigenvalue weighted by atomic mass is 10.0. The molecule has 2 amide bonds. The third kappa shape index (κ3) is 4.83. The van der Waals surface area contributed by atoms with Crippen LogP contribution in [0.4, 0.5) is 5.69 Å². The summed E-state index contributed by atoms with van der Waals surface area (Å²) in [5.74, 6) is -2.16. The molecular formula is C23H18ClN3O8S. The molecule has 36 heavy (non-hydrogen) atoms. The van der Waals surface area contributed by atoms with E-state index in [2.05, 4.69) is 5.32 Å². The number of nitrogens with one attached hydrogen (secondary N) is 1. The summed E-state index contributed by atoms with van der Waals surface area (Å²) in [7, 11) is 0. The van der Waals surface area contributed by atoms with E-state index in [1.165, 1.54) is 48.2 Å². The monoisotopic (exact) mass is 531 g/mol. The van der Waals surface area contributed by atoms with Gasteiger partial charge in [0.1, 0.15) is 30.0 Å². The van der Waals surface area contributed by atoms with E-state index in [0.29, 0.717) is 11.8 Å². The minimum Gasteiger partial charge on any atom is -0.456 e. The van der Waals surface area contributed by atoms with Gasteiger partial charge in [0, 0.05) is 29.0 Å². The first-order valence-corrected chi connectivity index (χ1v) is 11.9. The second-order valence-corrected chi connectivity index (χ2v) is 9.36. The number of aliphatic hydroxyl groups is 1. The summed E-state index contributed by atoms with van der Waals surface area (Å²) in [6, 6.07) is 10.4. The highest BCUT2D eigenvalue weighted by molar-refractivity contribution is 8.00. The van der Waals surface area contributed by atoms with Crippen molar-refractivity contribution in [3.63, 3.8) is 0 Å². The maximum atomic E-state index is 12.8. The predicted molar refractivity (Wildman–Crippen MR) is 128 cm³/mol. The third-order valence-electron chi connectivity index (χ3n) is 5.60. The maximum Gasteiger partial charge on any atom is 0.356 e. The van der Waals surface area contributed by atoms with Gasteiger partial charge < -0.3 is 15.2 Å². The Morgan fingerprint density at radius 3 is 2.64 bits per heavy atom. The molecule has 2 aromatic rings. The molecule has 2 heterocycles. The number of hydrogen-bond donors (Lipinski definition) is 2. The SMILES string of the molecule is O=Cc1ccccc1C(O)C(=O)NC1C(=O)N2C(C(=O)OCc3ccc([N+](=O)[O-])cc3)=C(Cl)CS[C@@H]12. The highest BCUT2D eigenvalue weighted by atomic mass is 35.5. The van der Waals surface area contributed by atoms with Gasteiger partial charge in [0.2, 0.25) is 0 Å². The smallest absolute Gasteiger partial charge is 0.356 e. The van der Waals surface area contributed by atoms with Crippen molar-refractivity contribution in [2.24, 2.45) is 0 Å². The summed E-state index contributed by atoms with van der Waals surface area (Å²) < 4.78 is 5.26. The highest BCUT2D eigenvalue weighted by Gasteiger charge is 2.54. The number of hydrogen-bond acceptors (Lipinski definition) is 9. The Morgan fingerprint density at radius 1 is 1.28 bits per heavy atom. The minimum atomic E-state index is -1.67. The summed E-state index contributed by atoms with van der Waals surface area (Å²) in [4.78, 5) is 60.8. The van der Waals surface area contributed by atoms with Crippen LogP contribution in [-0.2, 0) is 25.7 Å². The van der Waals surface area contributed by atoms with Crippen LogP contribution in [0.15, 0.2) is 59.3 Å². The molecule has 1 fully saturated rings. The molecule has 2 N–H and O–H groups in total. The van der Waals surface area contributed by atoms with Crippen molar-refractivity contribution in [1.82, 2.24) is 10.2 Å². The van der Waals surface area contributed by atoms with Gasteiger partial charge in [-0.3, -0.25) is 29.4 Å². The van der Waals surface area contributed by atoms with E-state index in [1.807, 2.05) is 0 Å². The first-order chi connectivity index (χ1) is 17.2. The van der Waals surface area contributed by atoms with E-state index >= 15 is 0 Å². The largest absolute Gasteiger partial charge is 0.456 e. The lowest BCUT2D eigenvalue weighted by Crippen LogP contribution is -2.70. The number of fused-ring (bicyclic) bond motifs is 1. The van der Waals surface area contributed by atoms with Crippen LogP contribution >= 0.6 is 23.4 Å². The number of carbonyl (C=O) groups excluding carboxylic acids is 4. The Bertz CT molecular complexity index is 1280. The van der Waals surface area contributed by atoms with Crippen molar-refractivity contribution >= 4 is 53.1 Å². The van der Waals surface area contributed by atoms with Crippen LogP contribution in [0.5, 0.6) is 0 Å². The molecule has 11 nitrogen and oxygen atoms in total. The molecule has 13 heteroatoms. The fourth-order valence-electron chi connectivity index (χ4n) is 3.74. The van der Waals surface area contributed by atoms with Gasteiger partial charge in [-0.2, -0.15) is 0 Å². The summed E-state index contributed by atoms with van der Waals surface area (Å²) in [5.41, 5.74) is 0.480. The average Bonchev–Trinajstić information content (AvgIpc) is 2.89. The number of thioether (sulfide) groups is 1. The van der Waals surface area contributed by atoms with E-state index in [0.717, 1.165) is 4.90 Å². The van der Waals surface area contributed by atoms with Crippen molar-refractivity contribution in [1.29, 1.82) is 0 Å². The van der Waals surface area contributed by atoms with Crippen LogP contribution in [0.1, 0.15) is 27.6 Å². The number of nitro groups is 1. The summed E-state index contributed by atoms with van der Waals surface area (Å²) >= 11 is 7.44. The molecule has 2 aliphatic rings. The van der Waals surface area contributed by atoms with Crippen LogP contribution < -0.4 is 5.32 Å². The van der Waals surface area contributed by atoms with Crippen LogP contribution in [0.3, 0.4) is 0 Å². The van der Waals surface area contributed by atoms with E-state index in [1.54, 1.807) is 12.1 Å². The number of aliphatic hydroxyl groups excluding tert-OH is 1. The zero-order valence-corrected chi connectivity index (χ0v) is 19.9. The van der Waals surface area contributed by atoms with Gasteiger partial charge in [-0.1, -0.05) is 35.9 Å². The van der Waals surface area contributed by atoms with Crippen LogP contribution in [0.25, 0.3) is 0 Å². The van der Waals surface area contributed by atoms with Gasteiger partial charge in [-0.05, 0) is 17.7 Å². The lowest BCUT2D eigenvalue weighted by molar-refractivity contribution is -0.384. The number of esters is 1. The Labute approximate surface area is 213 Å². The van der Waals surface area contributed by atoms with E-state index in [-0.39, 0.29) is 39.9 Å². The van der Waals surface area contributed by atoms with Crippen molar-refractivity contribution in [3.05, 3.63) is 86.1 Å². The van der Waals surface area contributed by atoms with Gasteiger partial charge in [-0.15, -0.1) is 11.8 Å². The van der Waals surface area contributed by atoms with Crippen molar-refractivity contribution in [3.8, 4) is 0 Å². The normalized spacial score (nSPS) is 19.6. The number of benzene rings is 2. The summed E-state index contributed by atoms with van der Waals surface area (Å²) in [5, 5.41) is 23.1. The second-order valence-electron chi connectivity index (χ2n) is 7.80. The second kappa shape index (κ2) is 10.5. The number of halogens is 1. The first-order valence-electron chi connectivity index (χ1n) is 10.5. The summed E-state index contributed by atoms with van der Waals surface area (Å²) in [6.45, 7) is -0.202. The van der Waals surface area contributed by atoms with Crippen molar-refractivity contribution in [2.75, 3.05) is 5.75 Å². The van der Waals surface area contributed by atoms with E-state index in [4.69, 9.17) is 16.3 Å². The van der Waals surface area contributed by atoms with Gasteiger partial charge in [0.05, 0.1) is 9.96 Å². The fourth-order valence-corrected chi connectivity index (χ4v) is 5.29. The van der Waals surface area contributed by atoms with Gasteiger partial charge in [-0.25, -0.2) is 4.79 Å². The molecule has 2 aliphatic heterocycles. The van der Waals surface area contributed by atoms with E-state index < -0.39 is 40.2 Å². The maximum absolute atomic E-state index is 12.8. The van der Waals surface area contributed by atoms with Crippen molar-refractivity contribution < 1.29 is 33.9 Å². The molecule has 0 aromatic heterocycles. The number of nitrogens with zero attached hydrogens (tertiary/aromatic N) is 2. The van der Waals surface area contributed by atoms with E-state index in [9.17, 15) is 34.4 Å². The predicted octanol–water partition coefficient (Wildman–Crippen LogP) is 2.03. The topological polar surface area (TPSA) is 156 Å². The Balaban J connectivity index is 1.41. The Kier molecular flexibility index (Phi) is 7.38. The van der Waals surface area contributed by atoms with Crippen LogP contribution in [0.2, 0.25) is 0 Å². The molecule has 186 valence electrons. The van der Waals surface area contributed by atoms with Gasteiger partial charge in [0.25, 0.3) is 17.5 Å². The molecular weight excluding hydrogens is 514 g/mol. The Hall–Kier alpha value is -3.74. The lowest BCUT2D eigenvalue weighted by Gasteiger charge is -2.49. The Morgan fingerprint density at radius 2 is 1.97 bits per heavy atom. The van der Waals surface area contributed by atoms with Gasteiger partial charge >= 0.3 is 5.97 Å². The molecule has 0 bridgehead atoms. The highest BCUT2D eigenvalue weighted by Crippen LogP contribution is 2.42. The number of rotatable bonds is 8. The molecule has 0 spiro atoms. The number of aldehydes is 1. The average molecular weight is 532 g/mol. The molecule has 4 rings (SSSR count). The number of non-ortho nitro benzene ring substituents is 1. The molecule has 0 aliphatic carbocycles. The number of nitro benzene ring substituents is 1. The third-order valence-corrected chi connectivity index (χ3v) is 7.35. The van der Waals surface area contributed by atoms with Crippen LogP contribution in [-0.4, -0.2) is 56.2 Å². The molecule has 2 unspecified atom stereocenters. The van der Waals surface area contributed by atoms with Crippen molar-refractivity contribution in [2.45, 2.75) is 24.1 Å². The minimum absolute atomic E-state index is 0.100. The fraction of sp³-hybridized carbons (Fsp3) is 0.217. The number of ether oxygens (including phenoxy) is 1. The molecule has 3 atom stereocenters. The van der Waals surface area contributed by atoms with Gasteiger partial charge in [0.15, 0.2) is 6.10 Å². The van der Waals surface area contributed by atoms with Crippen LogP contribution in [0, 0.1) is 10.1 Å². The summed E-state index contributed by atoms with van der Waals surface area (Å²) in [6.07, 6.45) is -1.16.